The Morgan fingerprint density at radius 3 is 2.72 bits per heavy atom. The van der Waals surface area contributed by atoms with Crippen LogP contribution in [0.4, 0.5) is 0 Å². The summed E-state index contributed by atoms with van der Waals surface area (Å²) < 4.78 is 11.3. The largest absolute Gasteiger partial charge is 0.465 e. The van der Waals surface area contributed by atoms with Crippen LogP contribution in [0.15, 0.2) is 16.5 Å². The van der Waals surface area contributed by atoms with Crippen LogP contribution in [0.25, 0.3) is 0 Å². The molecule has 1 N–H and O–H groups in total. The lowest BCUT2D eigenvalue weighted by Crippen LogP contribution is -2.34. The standard InChI is InChI=1S/C20H32N2O3/c1-2-17-6-7-19(25-17)15-22-11-9-16(10-12-22)5-8-20(23)21-14-18-4-3-13-24-18/h6-7,16,18H,2-5,8-15H2,1H3,(H,21,23)/t18-/m1/s1. The number of hydrogen-bond acceptors (Lipinski definition) is 4. The van der Waals surface area contributed by atoms with Crippen LogP contribution in [0.2, 0.25) is 0 Å². The van der Waals surface area contributed by atoms with Gasteiger partial charge >= 0.3 is 0 Å². The second-order valence-electron chi connectivity index (χ2n) is 7.42. The first-order valence-corrected chi connectivity index (χ1v) is 9.91. The first-order valence-electron chi connectivity index (χ1n) is 9.91. The predicted octanol–water partition coefficient (Wildman–Crippen LogP) is 3.13. The van der Waals surface area contributed by atoms with Crippen LogP contribution in [0, 0.1) is 5.92 Å². The Balaban J connectivity index is 1.28. The zero-order valence-corrected chi connectivity index (χ0v) is 15.5. The van der Waals surface area contributed by atoms with E-state index in [0.717, 1.165) is 63.4 Å². The molecule has 2 aliphatic heterocycles. The Bertz CT molecular complexity index is 529. The summed E-state index contributed by atoms with van der Waals surface area (Å²) in [5, 5.41) is 3.03. The topological polar surface area (TPSA) is 54.7 Å². The SMILES string of the molecule is CCc1ccc(CN2CCC(CCC(=O)NC[C@H]3CCCO3)CC2)o1. The molecule has 0 saturated carbocycles. The average molecular weight is 348 g/mol. The zero-order valence-electron chi connectivity index (χ0n) is 15.5. The van der Waals surface area contributed by atoms with Crippen molar-refractivity contribution >= 4 is 5.91 Å². The van der Waals surface area contributed by atoms with Crippen molar-refractivity contribution in [1.29, 1.82) is 0 Å². The van der Waals surface area contributed by atoms with Crippen LogP contribution in [0.1, 0.15) is 57.0 Å². The monoisotopic (exact) mass is 348 g/mol. The van der Waals surface area contributed by atoms with E-state index in [4.69, 9.17) is 9.15 Å². The number of carbonyl (C=O) groups excluding carboxylic acids is 1. The predicted molar refractivity (Wildman–Crippen MR) is 97.3 cm³/mol. The second-order valence-corrected chi connectivity index (χ2v) is 7.42. The molecule has 25 heavy (non-hydrogen) atoms. The van der Waals surface area contributed by atoms with Gasteiger partial charge in [-0.2, -0.15) is 0 Å². The van der Waals surface area contributed by atoms with E-state index >= 15 is 0 Å². The van der Waals surface area contributed by atoms with E-state index in [2.05, 4.69) is 29.3 Å². The molecular weight excluding hydrogens is 316 g/mol. The molecular formula is C20H32N2O3. The van der Waals surface area contributed by atoms with Crippen LogP contribution in [-0.2, 0) is 22.5 Å². The Kier molecular flexibility index (Phi) is 6.93. The van der Waals surface area contributed by atoms with Gasteiger partial charge in [0.05, 0.1) is 12.6 Å². The van der Waals surface area contributed by atoms with Crippen molar-refractivity contribution in [2.24, 2.45) is 5.92 Å². The molecule has 5 heteroatoms. The van der Waals surface area contributed by atoms with Crippen LogP contribution < -0.4 is 5.32 Å². The van der Waals surface area contributed by atoms with E-state index in [1.165, 1.54) is 12.8 Å². The van der Waals surface area contributed by atoms with E-state index in [9.17, 15) is 4.79 Å². The zero-order chi connectivity index (χ0) is 17.5. The van der Waals surface area contributed by atoms with Crippen LogP contribution >= 0.6 is 0 Å². The summed E-state index contributed by atoms with van der Waals surface area (Å²) in [6.07, 6.45) is 7.41. The normalized spacial score (nSPS) is 22.4. The number of ether oxygens (including phenoxy) is 1. The van der Waals surface area contributed by atoms with E-state index in [1.54, 1.807) is 0 Å². The minimum absolute atomic E-state index is 0.181. The first-order chi connectivity index (χ1) is 12.2. The highest BCUT2D eigenvalue weighted by Crippen LogP contribution is 2.23. The molecule has 0 aromatic carbocycles. The minimum Gasteiger partial charge on any atom is -0.465 e. The summed E-state index contributed by atoms with van der Waals surface area (Å²) in [6.45, 7) is 6.76. The molecule has 1 atom stereocenters. The molecule has 0 unspecified atom stereocenters. The Morgan fingerprint density at radius 1 is 1.24 bits per heavy atom. The molecule has 3 heterocycles. The summed E-state index contributed by atoms with van der Waals surface area (Å²) >= 11 is 0. The third-order valence-electron chi connectivity index (χ3n) is 5.48. The quantitative estimate of drug-likeness (QED) is 0.784. The Hall–Kier alpha value is -1.33. The van der Waals surface area contributed by atoms with Gasteiger partial charge in [-0.15, -0.1) is 0 Å². The van der Waals surface area contributed by atoms with Crippen molar-refractivity contribution in [3.8, 4) is 0 Å². The van der Waals surface area contributed by atoms with Crippen molar-refractivity contribution in [3.05, 3.63) is 23.7 Å². The molecule has 0 spiro atoms. The highest BCUT2D eigenvalue weighted by atomic mass is 16.5. The summed E-state index contributed by atoms with van der Waals surface area (Å²) in [4.78, 5) is 14.5. The van der Waals surface area contributed by atoms with Gasteiger partial charge in [-0.1, -0.05) is 6.92 Å². The lowest BCUT2D eigenvalue weighted by atomic mass is 9.92. The fourth-order valence-corrected chi connectivity index (χ4v) is 3.81. The van der Waals surface area contributed by atoms with Crippen LogP contribution in [0.5, 0.6) is 0 Å². The van der Waals surface area contributed by atoms with Gasteiger partial charge in [0.25, 0.3) is 0 Å². The molecule has 3 rings (SSSR count). The van der Waals surface area contributed by atoms with Gasteiger partial charge in [-0.05, 0) is 63.2 Å². The molecule has 1 aromatic rings. The van der Waals surface area contributed by atoms with Gasteiger partial charge in [0.15, 0.2) is 0 Å². The molecule has 2 aliphatic rings. The molecule has 140 valence electrons. The summed E-state index contributed by atoms with van der Waals surface area (Å²) in [7, 11) is 0. The van der Waals surface area contributed by atoms with E-state index in [1.807, 2.05) is 0 Å². The number of furan rings is 1. The van der Waals surface area contributed by atoms with Gasteiger partial charge in [0, 0.05) is 26.0 Å². The van der Waals surface area contributed by atoms with E-state index < -0.39 is 0 Å². The smallest absolute Gasteiger partial charge is 0.220 e. The molecule has 1 amide bonds. The van der Waals surface area contributed by atoms with Crippen molar-refractivity contribution in [2.75, 3.05) is 26.2 Å². The Morgan fingerprint density at radius 2 is 2.04 bits per heavy atom. The van der Waals surface area contributed by atoms with E-state index in [0.29, 0.717) is 18.9 Å². The molecule has 2 fully saturated rings. The number of aryl methyl sites for hydroxylation is 1. The highest BCUT2D eigenvalue weighted by Gasteiger charge is 2.21. The number of piperidine rings is 1. The average Bonchev–Trinajstić information content (AvgIpc) is 3.31. The fraction of sp³-hybridized carbons (Fsp3) is 0.750. The maximum atomic E-state index is 12.0. The summed E-state index contributed by atoms with van der Waals surface area (Å²) in [5.41, 5.74) is 0. The van der Waals surface area contributed by atoms with Crippen LogP contribution in [-0.4, -0.2) is 43.2 Å². The molecule has 1 aromatic heterocycles. The third kappa shape index (κ3) is 5.86. The van der Waals surface area contributed by atoms with Crippen LogP contribution in [0.3, 0.4) is 0 Å². The molecule has 2 saturated heterocycles. The van der Waals surface area contributed by atoms with Gasteiger partial charge in [0.2, 0.25) is 5.91 Å². The lowest BCUT2D eigenvalue weighted by Gasteiger charge is -2.31. The highest BCUT2D eigenvalue weighted by molar-refractivity contribution is 5.75. The van der Waals surface area contributed by atoms with Gasteiger partial charge in [-0.25, -0.2) is 0 Å². The third-order valence-corrected chi connectivity index (χ3v) is 5.48. The van der Waals surface area contributed by atoms with Crippen molar-refractivity contribution in [2.45, 2.75) is 64.5 Å². The first kappa shape index (κ1) is 18.5. The number of rotatable bonds is 8. The summed E-state index contributed by atoms with van der Waals surface area (Å²) in [5.74, 6) is 3.00. The number of amides is 1. The Labute approximate surface area is 151 Å². The molecule has 0 aliphatic carbocycles. The number of nitrogens with zero attached hydrogens (tertiary/aromatic N) is 1. The van der Waals surface area contributed by atoms with Gasteiger partial charge in [-0.3, -0.25) is 9.69 Å². The number of carbonyl (C=O) groups is 1. The molecule has 5 nitrogen and oxygen atoms in total. The van der Waals surface area contributed by atoms with Crippen molar-refractivity contribution in [1.82, 2.24) is 10.2 Å². The number of nitrogens with one attached hydrogen (secondary N) is 1. The molecule has 0 bridgehead atoms. The lowest BCUT2D eigenvalue weighted by molar-refractivity contribution is -0.122. The fourth-order valence-electron chi connectivity index (χ4n) is 3.81. The van der Waals surface area contributed by atoms with Crippen molar-refractivity contribution < 1.29 is 13.9 Å². The van der Waals surface area contributed by atoms with Gasteiger partial charge in [0.1, 0.15) is 11.5 Å². The second kappa shape index (κ2) is 9.39. The molecule has 0 radical (unpaired) electrons. The maximum absolute atomic E-state index is 12.0. The number of likely N-dealkylation sites (tertiary alicyclic amines) is 1. The van der Waals surface area contributed by atoms with E-state index in [-0.39, 0.29) is 12.0 Å². The minimum atomic E-state index is 0.181. The van der Waals surface area contributed by atoms with Gasteiger partial charge < -0.3 is 14.5 Å². The summed E-state index contributed by atoms with van der Waals surface area (Å²) in [6, 6.07) is 4.18. The number of hydrogen-bond donors (Lipinski definition) is 1. The van der Waals surface area contributed by atoms with Crippen molar-refractivity contribution in [3.63, 3.8) is 0 Å². The maximum Gasteiger partial charge on any atom is 0.220 e.